The van der Waals surface area contributed by atoms with Crippen molar-refractivity contribution in [3.63, 3.8) is 0 Å². The summed E-state index contributed by atoms with van der Waals surface area (Å²) in [5, 5.41) is 0. The van der Waals surface area contributed by atoms with Gasteiger partial charge in [-0.25, -0.2) is 4.98 Å². The van der Waals surface area contributed by atoms with Crippen molar-refractivity contribution < 1.29 is 4.79 Å². The van der Waals surface area contributed by atoms with Gasteiger partial charge in [0.1, 0.15) is 5.54 Å². The Labute approximate surface area is 186 Å². The van der Waals surface area contributed by atoms with Crippen molar-refractivity contribution in [1.29, 1.82) is 0 Å². The summed E-state index contributed by atoms with van der Waals surface area (Å²) in [6.45, 7) is 0. The first-order valence-corrected chi connectivity index (χ1v) is 10.4. The van der Waals surface area contributed by atoms with E-state index >= 15 is 0 Å². The minimum absolute atomic E-state index is 0.565. The fourth-order valence-corrected chi connectivity index (χ4v) is 4.35. The van der Waals surface area contributed by atoms with Gasteiger partial charge in [0.05, 0.1) is 12.0 Å². The molecule has 0 radical (unpaired) electrons. The zero-order valence-corrected chi connectivity index (χ0v) is 17.4. The standard InChI is InChI=1S/C28H21N3O/c32-20-22-16-17-29-18-26(22)27-19-31(21-30-27)28(23-10-4-1-5-11-23,24-12-6-2-7-13-24)25-14-8-3-9-15-25/h1-21H. The first-order valence-electron chi connectivity index (χ1n) is 10.4. The maximum absolute atomic E-state index is 11.6. The molecule has 3 aromatic carbocycles. The van der Waals surface area contributed by atoms with Crippen LogP contribution in [0.5, 0.6) is 0 Å². The van der Waals surface area contributed by atoms with Crippen molar-refractivity contribution >= 4 is 6.29 Å². The maximum atomic E-state index is 11.6. The third kappa shape index (κ3) is 3.22. The second kappa shape index (κ2) is 8.44. The molecule has 0 saturated carbocycles. The van der Waals surface area contributed by atoms with Crippen molar-refractivity contribution in [2.45, 2.75) is 5.54 Å². The van der Waals surface area contributed by atoms with Crippen LogP contribution < -0.4 is 0 Å². The van der Waals surface area contributed by atoms with E-state index in [2.05, 4.69) is 82.3 Å². The van der Waals surface area contributed by atoms with Gasteiger partial charge in [-0.05, 0) is 22.8 Å². The number of imidazole rings is 1. The molecule has 2 aromatic heterocycles. The average molecular weight is 415 g/mol. The van der Waals surface area contributed by atoms with E-state index in [-0.39, 0.29) is 0 Å². The summed E-state index contributed by atoms with van der Waals surface area (Å²) in [4.78, 5) is 20.5. The summed E-state index contributed by atoms with van der Waals surface area (Å²) >= 11 is 0. The molecule has 0 bridgehead atoms. The fourth-order valence-electron chi connectivity index (χ4n) is 4.35. The Hall–Kier alpha value is -4.31. The molecule has 4 heteroatoms. The number of hydrogen-bond acceptors (Lipinski definition) is 3. The minimum atomic E-state index is -0.640. The number of benzene rings is 3. The van der Waals surface area contributed by atoms with Crippen molar-refractivity contribution in [2.75, 3.05) is 0 Å². The zero-order chi connectivity index (χ0) is 21.8. The van der Waals surface area contributed by atoms with E-state index in [1.807, 2.05) is 30.7 Å². The summed E-state index contributed by atoms with van der Waals surface area (Å²) in [7, 11) is 0. The van der Waals surface area contributed by atoms with E-state index in [1.54, 1.807) is 18.5 Å². The Morgan fingerprint density at radius 1 is 0.719 bits per heavy atom. The molecule has 32 heavy (non-hydrogen) atoms. The third-order valence-corrected chi connectivity index (χ3v) is 5.80. The molecule has 0 amide bonds. The molecule has 0 N–H and O–H groups in total. The average Bonchev–Trinajstić information content (AvgIpc) is 3.37. The quantitative estimate of drug-likeness (QED) is 0.268. The summed E-state index contributed by atoms with van der Waals surface area (Å²) in [6, 6.07) is 32.9. The van der Waals surface area contributed by atoms with Crippen molar-refractivity contribution in [1.82, 2.24) is 14.5 Å². The third-order valence-electron chi connectivity index (χ3n) is 5.80. The zero-order valence-electron chi connectivity index (χ0n) is 17.4. The highest BCUT2D eigenvalue weighted by Crippen LogP contribution is 2.41. The first-order chi connectivity index (χ1) is 15.8. The van der Waals surface area contributed by atoms with Crippen LogP contribution in [0.2, 0.25) is 0 Å². The normalized spacial score (nSPS) is 11.2. The minimum Gasteiger partial charge on any atom is -0.318 e. The molecule has 5 aromatic rings. The topological polar surface area (TPSA) is 47.8 Å². The number of aldehydes is 1. The molecule has 0 saturated heterocycles. The van der Waals surface area contributed by atoms with Gasteiger partial charge in [0.2, 0.25) is 0 Å². The Morgan fingerprint density at radius 2 is 1.25 bits per heavy atom. The van der Waals surface area contributed by atoms with Gasteiger partial charge in [-0.15, -0.1) is 0 Å². The van der Waals surface area contributed by atoms with E-state index in [0.717, 1.165) is 23.0 Å². The first kappa shape index (κ1) is 19.6. The smallest absolute Gasteiger partial charge is 0.150 e. The van der Waals surface area contributed by atoms with Crippen LogP contribution in [-0.2, 0) is 5.54 Å². The molecule has 0 fully saturated rings. The highest BCUT2D eigenvalue weighted by molar-refractivity contribution is 5.85. The number of rotatable bonds is 6. The number of carbonyl (C=O) groups excluding carboxylic acids is 1. The largest absolute Gasteiger partial charge is 0.318 e. The SMILES string of the molecule is O=Cc1ccncc1-c1cn(C(c2ccccc2)(c2ccccc2)c2ccccc2)cn1. The molecule has 0 aliphatic carbocycles. The molecule has 2 heterocycles. The molecule has 4 nitrogen and oxygen atoms in total. The maximum Gasteiger partial charge on any atom is 0.150 e. The molecule has 0 unspecified atom stereocenters. The molecule has 154 valence electrons. The van der Waals surface area contributed by atoms with Gasteiger partial charge in [-0.3, -0.25) is 9.78 Å². The predicted octanol–water partition coefficient (Wildman–Crippen LogP) is 5.60. The second-order valence-corrected chi connectivity index (χ2v) is 7.56. The monoisotopic (exact) mass is 415 g/mol. The van der Waals surface area contributed by atoms with Crippen LogP contribution in [0, 0.1) is 0 Å². The lowest BCUT2D eigenvalue weighted by molar-refractivity contribution is 0.112. The van der Waals surface area contributed by atoms with Crippen LogP contribution in [0.3, 0.4) is 0 Å². The Bertz CT molecular complexity index is 1230. The molecule has 0 atom stereocenters. The number of aromatic nitrogens is 3. The Morgan fingerprint density at radius 3 is 1.75 bits per heavy atom. The van der Waals surface area contributed by atoms with Gasteiger partial charge in [-0.1, -0.05) is 91.0 Å². The number of nitrogens with zero attached hydrogens (tertiary/aromatic N) is 3. The van der Waals surface area contributed by atoms with E-state index in [9.17, 15) is 4.79 Å². The summed E-state index contributed by atoms with van der Waals surface area (Å²) in [6.07, 6.45) is 7.98. The number of hydrogen-bond donors (Lipinski definition) is 0. The summed E-state index contributed by atoms with van der Waals surface area (Å²) in [5.74, 6) is 0. The second-order valence-electron chi connectivity index (χ2n) is 7.56. The van der Waals surface area contributed by atoms with E-state index in [0.29, 0.717) is 16.8 Å². The van der Waals surface area contributed by atoms with Gasteiger partial charge in [0.15, 0.2) is 6.29 Å². The molecular formula is C28H21N3O. The Balaban J connectivity index is 1.82. The van der Waals surface area contributed by atoms with Gasteiger partial charge in [-0.2, -0.15) is 0 Å². The molecule has 0 aliphatic rings. The molecule has 0 spiro atoms. The van der Waals surface area contributed by atoms with E-state index in [1.165, 1.54) is 0 Å². The van der Waals surface area contributed by atoms with Crippen LogP contribution in [0.4, 0.5) is 0 Å². The van der Waals surface area contributed by atoms with E-state index < -0.39 is 5.54 Å². The highest BCUT2D eigenvalue weighted by Gasteiger charge is 2.38. The van der Waals surface area contributed by atoms with Crippen LogP contribution in [0.25, 0.3) is 11.3 Å². The lowest BCUT2D eigenvalue weighted by Crippen LogP contribution is -2.36. The summed E-state index contributed by atoms with van der Waals surface area (Å²) in [5.41, 5.74) is 4.68. The van der Waals surface area contributed by atoms with Crippen molar-refractivity contribution in [3.8, 4) is 11.3 Å². The fraction of sp³-hybridized carbons (Fsp3) is 0.0357. The van der Waals surface area contributed by atoms with Gasteiger partial charge in [0, 0.05) is 29.7 Å². The van der Waals surface area contributed by atoms with E-state index in [4.69, 9.17) is 4.98 Å². The summed E-state index contributed by atoms with van der Waals surface area (Å²) < 4.78 is 2.13. The van der Waals surface area contributed by atoms with Crippen LogP contribution in [-0.4, -0.2) is 20.8 Å². The number of pyridine rings is 1. The lowest BCUT2D eigenvalue weighted by atomic mass is 9.77. The Kier molecular flexibility index (Phi) is 5.18. The van der Waals surface area contributed by atoms with Crippen LogP contribution in [0.15, 0.2) is 122 Å². The van der Waals surface area contributed by atoms with Crippen molar-refractivity contribution in [2.24, 2.45) is 0 Å². The van der Waals surface area contributed by atoms with Crippen molar-refractivity contribution in [3.05, 3.63) is 144 Å². The number of carbonyl (C=O) groups is 1. The van der Waals surface area contributed by atoms with Gasteiger partial charge in [0.25, 0.3) is 0 Å². The predicted molar refractivity (Wildman–Crippen MR) is 125 cm³/mol. The lowest BCUT2D eigenvalue weighted by Gasteiger charge is -2.37. The molecule has 0 aliphatic heterocycles. The van der Waals surface area contributed by atoms with Gasteiger partial charge >= 0.3 is 0 Å². The molecular weight excluding hydrogens is 394 g/mol. The van der Waals surface area contributed by atoms with Gasteiger partial charge < -0.3 is 4.57 Å². The highest BCUT2D eigenvalue weighted by atomic mass is 16.1. The van der Waals surface area contributed by atoms with Crippen LogP contribution in [0.1, 0.15) is 27.0 Å². The molecule has 5 rings (SSSR count). The van der Waals surface area contributed by atoms with Crippen LogP contribution >= 0.6 is 0 Å².